The Labute approximate surface area is 210 Å². The van der Waals surface area contributed by atoms with E-state index in [2.05, 4.69) is 90.3 Å². The lowest BCUT2D eigenvalue weighted by Gasteiger charge is -2.26. The Morgan fingerprint density at radius 2 is 2.00 bits per heavy atom. The van der Waals surface area contributed by atoms with E-state index < -0.39 is 0 Å². The predicted molar refractivity (Wildman–Crippen MR) is 143 cm³/mol. The molecule has 2 N–H and O–H groups in total. The molecule has 0 aliphatic carbocycles. The number of halogens is 1. The maximum absolute atomic E-state index is 4.85. The fourth-order valence-electron chi connectivity index (χ4n) is 3.81. The van der Waals surface area contributed by atoms with Crippen molar-refractivity contribution in [3.63, 3.8) is 0 Å². The molecule has 0 saturated heterocycles. The SMILES string of the molecule is CCNC(=NCCC(C)N(C)Cc1ccccc1)NC1CCc2nc(C(C)C)nn2C1.I. The van der Waals surface area contributed by atoms with Gasteiger partial charge < -0.3 is 10.6 Å². The summed E-state index contributed by atoms with van der Waals surface area (Å²) in [5, 5.41) is 11.7. The first kappa shape index (κ1) is 26.6. The standard InChI is InChI=1S/C24H39N7.HI/c1-6-25-24(26-15-14-19(4)30(5)16-20-10-8-7-9-11-20)27-21-12-13-22-28-23(18(2)3)29-31(22)17-21;/h7-11,18-19,21H,6,12-17H2,1-5H3,(H2,25,26,27);1H. The third-order valence-electron chi connectivity index (χ3n) is 5.92. The lowest BCUT2D eigenvalue weighted by Crippen LogP contribution is -2.47. The van der Waals surface area contributed by atoms with Crippen LogP contribution in [-0.2, 0) is 19.5 Å². The van der Waals surface area contributed by atoms with E-state index in [4.69, 9.17) is 10.1 Å². The van der Waals surface area contributed by atoms with Crippen molar-refractivity contribution in [3.8, 4) is 0 Å². The molecule has 1 aliphatic rings. The van der Waals surface area contributed by atoms with Gasteiger partial charge in [0.05, 0.1) is 6.54 Å². The van der Waals surface area contributed by atoms with Crippen LogP contribution in [0, 0.1) is 0 Å². The molecule has 0 amide bonds. The maximum Gasteiger partial charge on any atom is 0.191 e. The number of nitrogens with zero attached hydrogens (tertiary/aromatic N) is 5. The van der Waals surface area contributed by atoms with Crippen molar-refractivity contribution in [2.24, 2.45) is 4.99 Å². The molecule has 2 aromatic rings. The van der Waals surface area contributed by atoms with Gasteiger partial charge in [0.1, 0.15) is 5.82 Å². The van der Waals surface area contributed by atoms with Gasteiger partial charge in [0.2, 0.25) is 0 Å². The van der Waals surface area contributed by atoms with E-state index in [0.29, 0.717) is 18.0 Å². The van der Waals surface area contributed by atoms with Crippen LogP contribution in [-0.4, -0.2) is 57.8 Å². The number of nitrogens with one attached hydrogen (secondary N) is 2. The second kappa shape index (κ2) is 13.1. The Morgan fingerprint density at radius 3 is 2.69 bits per heavy atom. The number of aliphatic imine (C=N–C) groups is 1. The van der Waals surface area contributed by atoms with E-state index in [9.17, 15) is 0 Å². The summed E-state index contributed by atoms with van der Waals surface area (Å²) in [5.41, 5.74) is 1.35. The van der Waals surface area contributed by atoms with Gasteiger partial charge in [-0.1, -0.05) is 44.2 Å². The van der Waals surface area contributed by atoms with Crippen molar-refractivity contribution in [1.29, 1.82) is 0 Å². The van der Waals surface area contributed by atoms with Gasteiger partial charge in [-0.05, 0) is 39.3 Å². The molecule has 3 rings (SSSR count). The molecule has 0 saturated carbocycles. The zero-order valence-corrected chi connectivity index (χ0v) is 22.5. The van der Waals surface area contributed by atoms with Gasteiger partial charge in [-0.2, -0.15) is 5.10 Å². The van der Waals surface area contributed by atoms with Crippen molar-refractivity contribution in [3.05, 3.63) is 47.5 Å². The van der Waals surface area contributed by atoms with Crippen molar-refractivity contribution in [1.82, 2.24) is 30.3 Å². The molecule has 2 unspecified atom stereocenters. The van der Waals surface area contributed by atoms with Gasteiger partial charge in [0.15, 0.2) is 11.8 Å². The van der Waals surface area contributed by atoms with E-state index in [0.717, 1.165) is 63.0 Å². The topological polar surface area (TPSA) is 70.4 Å². The van der Waals surface area contributed by atoms with Gasteiger partial charge in [0, 0.05) is 44.1 Å². The maximum atomic E-state index is 4.85. The lowest BCUT2D eigenvalue weighted by molar-refractivity contribution is 0.240. The molecule has 7 nitrogen and oxygen atoms in total. The number of hydrogen-bond donors (Lipinski definition) is 2. The molecule has 32 heavy (non-hydrogen) atoms. The van der Waals surface area contributed by atoms with Crippen LogP contribution in [0.2, 0.25) is 0 Å². The van der Waals surface area contributed by atoms with E-state index in [1.165, 1.54) is 5.56 Å². The average Bonchev–Trinajstić information content (AvgIpc) is 3.18. The quantitative estimate of drug-likeness (QED) is 0.281. The molecule has 8 heteroatoms. The van der Waals surface area contributed by atoms with Crippen molar-refractivity contribution in [2.75, 3.05) is 20.1 Å². The monoisotopic (exact) mass is 553 g/mol. The highest BCUT2D eigenvalue weighted by atomic mass is 127. The molecule has 0 bridgehead atoms. The van der Waals surface area contributed by atoms with Gasteiger partial charge >= 0.3 is 0 Å². The number of hydrogen-bond acceptors (Lipinski definition) is 4. The predicted octanol–water partition coefficient (Wildman–Crippen LogP) is 3.80. The van der Waals surface area contributed by atoms with Crippen LogP contribution in [0.4, 0.5) is 0 Å². The van der Waals surface area contributed by atoms with E-state index in [-0.39, 0.29) is 24.0 Å². The number of aryl methyl sites for hydroxylation is 1. The first-order valence-corrected chi connectivity index (χ1v) is 11.7. The Bertz CT molecular complexity index is 834. The van der Waals surface area contributed by atoms with Gasteiger partial charge in [-0.25, -0.2) is 9.67 Å². The molecule has 1 aromatic heterocycles. The van der Waals surface area contributed by atoms with Crippen molar-refractivity contribution in [2.45, 2.75) is 78.0 Å². The van der Waals surface area contributed by atoms with Gasteiger partial charge in [-0.15, -0.1) is 24.0 Å². The second-order valence-electron chi connectivity index (χ2n) is 8.90. The molecule has 1 aliphatic heterocycles. The van der Waals surface area contributed by atoms with E-state index in [1.54, 1.807) is 0 Å². The third-order valence-corrected chi connectivity index (χ3v) is 5.92. The molecule has 1 aromatic carbocycles. The fourth-order valence-corrected chi connectivity index (χ4v) is 3.81. The van der Waals surface area contributed by atoms with E-state index in [1.807, 2.05) is 0 Å². The Kier molecular flexibility index (Phi) is 10.9. The first-order valence-electron chi connectivity index (χ1n) is 11.7. The zero-order chi connectivity index (χ0) is 22.2. The van der Waals surface area contributed by atoms with Crippen LogP contribution in [0.25, 0.3) is 0 Å². The second-order valence-corrected chi connectivity index (χ2v) is 8.90. The minimum atomic E-state index is 0. The highest BCUT2D eigenvalue weighted by Gasteiger charge is 2.23. The lowest BCUT2D eigenvalue weighted by atomic mass is 10.1. The number of guanidine groups is 1. The normalized spacial score (nSPS) is 17.1. The minimum absolute atomic E-state index is 0. The van der Waals surface area contributed by atoms with Crippen LogP contribution in [0.5, 0.6) is 0 Å². The van der Waals surface area contributed by atoms with Crippen LogP contribution in [0.3, 0.4) is 0 Å². The summed E-state index contributed by atoms with van der Waals surface area (Å²) in [6.45, 7) is 12.1. The van der Waals surface area contributed by atoms with Crippen LogP contribution in [0.15, 0.2) is 35.3 Å². The number of fused-ring (bicyclic) bond motifs is 1. The van der Waals surface area contributed by atoms with Crippen molar-refractivity contribution < 1.29 is 0 Å². The summed E-state index contributed by atoms with van der Waals surface area (Å²) in [6.07, 6.45) is 3.03. The fraction of sp³-hybridized carbons (Fsp3) is 0.625. The molecular weight excluding hydrogens is 513 g/mol. The summed E-state index contributed by atoms with van der Waals surface area (Å²) in [7, 11) is 2.19. The Balaban J connectivity index is 0.00000363. The zero-order valence-electron chi connectivity index (χ0n) is 20.2. The highest BCUT2D eigenvalue weighted by molar-refractivity contribution is 14.0. The molecular formula is C24H40IN7. The summed E-state index contributed by atoms with van der Waals surface area (Å²) in [6, 6.07) is 11.4. The Morgan fingerprint density at radius 1 is 1.25 bits per heavy atom. The smallest absolute Gasteiger partial charge is 0.191 e. The minimum Gasteiger partial charge on any atom is -0.357 e. The van der Waals surface area contributed by atoms with E-state index >= 15 is 0 Å². The summed E-state index contributed by atoms with van der Waals surface area (Å²) < 4.78 is 2.07. The number of rotatable bonds is 9. The van der Waals surface area contributed by atoms with Crippen LogP contribution < -0.4 is 10.6 Å². The summed E-state index contributed by atoms with van der Waals surface area (Å²) in [5.74, 6) is 3.33. The third kappa shape index (κ3) is 7.72. The summed E-state index contributed by atoms with van der Waals surface area (Å²) in [4.78, 5) is 11.9. The summed E-state index contributed by atoms with van der Waals surface area (Å²) >= 11 is 0. The molecule has 2 heterocycles. The molecule has 0 radical (unpaired) electrons. The first-order chi connectivity index (χ1) is 15.0. The molecule has 0 spiro atoms. The molecule has 178 valence electrons. The van der Waals surface area contributed by atoms with Crippen LogP contribution >= 0.6 is 24.0 Å². The molecule has 2 atom stereocenters. The number of aromatic nitrogens is 3. The van der Waals surface area contributed by atoms with Crippen LogP contribution in [0.1, 0.15) is 63.7 Å². The number of benzene rings is 1. The molecule has 0 fully saturated rings. The average molecular weight is 554 g/mol. The van der Waals surface area contributed by atoms with Gasteiger partial charge in [-0.3, -0.25) is 9.89 Å². The Hall–Kier alpha value is -1.68. The largest absolute Gasteiger partial charge is 0.357 e. The van der Waals surface area contributed by atoms with Crippen molar-refractivity contribution >= 4 is 29.9 Å². The highest BCUT2D eigenvalue weighted by Crippen LogP contribution is 2.17. The van der Waals surface area contributed by atoms with Gasteiger partial charge in [0.25, 0.3) is 0 Å².